The summed E-state index contributed by atoms with van der Waals surface area (Å²) in [5.41, 5.74) is 0.412. The molecule has 0 radical (unpaired) electrons. The summed E-state index contributed by atoms with van der Waals surface area (Å²) in [5, 5.41) is 3.51. The van der Waals surface area contributed by atoms with Crippen molar-refractivity contribution < 1.29 is 4.79 Å². The first-order valence-corrected chi connectivity index (χ1v) is 7.09. The van der Waals surface area contributed by atoms with Gasteiger partial charge in [-0.2, -0.15) is 0 Å². The van der Waals surface area contributed by atoms with Crippen molar-refractivity contribution in [3.8, 4) is 0 Å². The minimum atomic E-state index is -0.196. The molecule has 0 spiro atoms. The van der Waals surface area contributed by atoms with E-state index in [1.807, 2.05) is 0 Å². The van der Waals surface area contributed by atoms with Gasteiger partial charge in [-0.1, -0.05) is 58.5 Å². The number of hydrogen-bond donors (Lipinski definition) is 1. The Bertz CT molecular complexity index is 398. The van der Waals surface area contributed by atoms with Crippen LogP contribution in [0.4, 0.5) is 0 Å². The number of rotatable bonds is 5. The molecule has 0 bridgehead atoms. The lowest BCUT2D eigenvalue weighted by Crippen LogP contribution is -2.29. The van der Waals surface area contributed by atoms with Crippen molar-refractivity contribution in [2.24, 2.45) is 0 Å². The lowest BCUT2D eigenvalue weighted by atomic mass is 10.2. The molecule has 0 aliphatic heterocycles. The van der Waals surface area contributed by atoms with E-state index < -0.39 is 0 Å². The molecule has 1 aromatic carbocycles. The average Bonchev–Trinajstić information content (AvgIpc) is 2.30. The van der Waals surface area contributed by atoms with Gasteiger partial charge in [-0.25, -0.2) is 0 Å². The fourth-order valence-corrected chi connectivity index (χ4v) is 2.40. The molecule has 1 rings (SSSR count). The first-order chi connectivity index (χ1) is 8.06. The van der Waals surface area contributed by atoms with Crippen molar-refractivity contribution >= 4 is 45.0 Å². The van der Waals surface area contributed by atoms with Crippen LogP contribution in [0.15, 0.2) is 18.2 Å². The number of benzene rings is 1. The Kier molecular flexibility index (Phi) is 6.31. The lowest BCUT2D eigenvalue weighted by Gasteiger charge is -2.11. The number of carbonyl (C=O) groups is 1. The Hall–Kier alpha value is -0.250. The summed E-state index contributed by atoms with van der Waals surface area (Å²) in [5.74, 6) is -0.196. The molecule has 0 aliphatic rings. The molecule has 0 aliphatic carbocycles. The van der Waals surface area contributed by atoms with Crippen LogP contribution >= 0.6 is 39.1 Å². The van der Waals surface area contributed by atoms with Crippen LogP contribution < -0.4 is 5.32 Å². The van der Waals surface area contributed by atoms with E-state index in [9.17, 15) is 4.79 Å². The number of alkyl halides is 1. The van der Waals surface area contributed by atoms with Crippen molar-refractivity contribution in [1.82, 2.24) is 5.32 Å². The van der Waals surface area contributed by atoms with Crippen LogP contribution in [-0.2, 0) is 0 Å². The molecule has 0 heterocycles. The minimum Gasteiger partial charge on any atom is -0.351 e. The standard InChI is InChI=1S/C12H14BrCl2NO/c1-2-4-8(13)7-16-12(17)9-5-3-6-10(14)11(9)15/h3,5-6,8H,2,4,7H2,1H3,(H,16,17). The second kappa shape index (κ2) is 7.24. The van der Waals surface area contributed by atoms with Crippen LogP contribution in [0.1, 0.15) is 30.1 Å². The first-order valence-electron chi connectivity index (χ1n) is 5.42. The molecule has 0 fully saturated rings. The zero-order valence-corrected chi connectivity index (χ0v) is 12.6. The molecule has 1 atom stereocenters. The van der Waals surface area contributed by atoms with Crippen LogP contribution in [0.2, 0.25) is 10.0 Å². The largest absolute Gasteiger partial charge is 0.351 e. The van der Waals surface area contributed by atoms with Crippen LogP contribution in [0.5, 0.6) is 0 Å². The lowest BCUT2D eigenvalue weighted by molar-refractivity contribution is 0.0954. The number of nitrogens with one attached hydrogen (secondary N) is 1. The van der Waals surface area contributed by atoms with Crippen molar-refractivity contribution in [2.75, 3.05) is 6.54 Å². The fourth-order valence-electron chi connectivity index (χ4n) is 1.39. The number of hydrogen-bond acceptors (Lipinski definition) is 1. The van der Waals surface area contributed by atoms with Gasteiger partial charge in [-0.3, -0.25) is 4.79 Å². The van der Waals surface area contributed by atoms with E-state index in [2.05, 4.69) is 28.2 Å². The maximum absolute atomic E-state index is 11.9. The fraction of sp³-hybridized carbons (Fsp3) is 0.417. The third-order valence-corrected chi connectivity index (χ3v) is 3.88. The van der Waals surface area contributed by atoms with E-state index >= 15 is 0 Å². The number of halogens is 3. The highest BCUT2D eigenvalue weighted by atomic mass is 79.9. The van der Waals surface area contributed by atoms with Crippen molar-refractivity contribution in [1.29, 1.82) is 0 Å². The Labute approximate surface area is 120 Å². The van der Waals surface area contributed by atoms with Crippen molar-refractivity contribution in [2.45, 2.75) is 24.6 Å². The normalized spacial score (nSPS) is 12.2. The molecule has 1 N–H and O–H groups in total. The van der Waals surface area contributed by atoms with E-state index in [0.29, 0.717) is 22.2 Å². The average molecular weight is 339 g/mol. The zero-order chi connectivity index (χ0) is 12.8. The molecule has 5 heteroatoms. The molecule has 1 unspecified atom stereocenters. The van der Waals surface area contributed by atoms with Crippen LogP contribution in [0, 0.1) is 0 Å². The van der Waals surface area contributed by atoms with Gasteiger partial charge in [0.1, 0.15) is 0 Å². The van der Waals surface area contributed by atoms with Gasteiger partial charge in [0.2, 0.25) is 0 Å². The first kappa shape index (κ1) is 14.8. The summed E-state index contributed by atoms with van der Waals surface area (Å²) in [6.07, 6.45) is 2.09. The van der Waals surface area contributed by atoms with E-state index in [1.165, 1.54) is 0 Å². The van der Waals surface area contributed by atoms with E-state index in [4.69, 9.17) is 23.2 Å². The van der Waals surface area contributed by atoms with Crippen LogP contribution in [0.25, 0.3) is 0 Å². The highest BCUT2D eigenvalue weighted by Gasteiger charge is 2.13. The minimum absolute atomic E-state index is 0.196. The number of carbonyl (C=O) groups excluding carboxylic acids is 1. The van der Waals surface area contributed by atoms with E-state index in [-0.39, 0.29) is 10.7 Å². The summed E-state index contributed by atoms with van der Waals surface area (Å²) in [4.78, 5) is 12.1. The second-order valence-corrected chi connectivity index (χ2v) is 5.78. The second-order valence-electron chi connectivity index (χ2n) is 3.70. The molecule has 0 saturated heterocycles. The highest BCUT2D eigenvalue weighted by Crippen LogP contribution is 2.25. The van der Waals surface area contributed by atoms with Crippen molar-refractivity contribution in [3.05, 3.63) is 33.8 Å². The van der Waals surface area contributed by atoms with Gasteiger partial charge in [0.15, 0.2) is 0 Å². The monoisotopic (exact) mass is 337 g/mol. The van der Waals surface area contributed by atoms with Gasteiger partial charge in [0, 0.05) is 11.4 Å². The summed E-state index contributed by atoms with van der Waals surface area (Å²) in [6.45, 7) is 2.68. The molecule has 1 aromatic rings. The van der Waals surface area contributed by atoms with Gasteiger partial charge in [0.05, 0.1) is 15.6 Å². The molecule has 2 nitrogen and oxygen atoms in total. The van der Waals surface area contributed by atoms with E-state index in [0.717, 1.165) is 12.8 Å². The summed E-state index contributed by atoms with van der Waals surface area (Å²) in [7, 11) is 0. The van der Waals surface area contributed by atoms with Gasteiger partial charge >= 0.3 is 0 Å². The van der Waals surface area contributed by atoms with Crippen LogP contribution in [-0.4, -0.2) is 17.3 Å². The van der Waals surface area contributed by atoms with Gasteiger partial charge < -0.3 is 5.32 Å². The molecule has 17 heavy (non-hydrogen) atoms. The Morgan fingerprint density at radius 2 is 2.18 bits per heavy atom. The topological polar surface area (TPSA) is 29.1 Å². The molecule has 94 valence electrons. The van der Waals surface area contributed by atoms with E-state index in [1.54, 1.807) is 18.2 Å². The molecule has 1 amide bonds. The number of amides is 1. The summed E-state index contributed by atoms with van der Waals surface area (Å²) in [6, 6.07) is 5.03. The van der Waals surface area contributed by atoms with Crippen molar-refractivity contribution in [3.63, 3.8) is 0 Å². The maximum Gasteiger partial charge on any atom is 0.252 e. The van der Waals surface area contributed by atoms with Gasteiger partial charge in [-0.05, 0) is 18.6 Å². The third-order valence-electron chi connectivity index (χ3n) is 2.28. The Morgan fingerprint density at radius 1 is 1.47 bits per heavy atom. The molecular formula is C12H14BrCl2NO. The summed E-state index contributed by atoms with van der Waals surface area (Å²) < 4.78 is 0. The predicted molar refractivity (Wildman–Crippen MR) is 76.4 cm³/mol. The zero-order valence-electron chi connectivity index (χ0n) is 9.47. The summed E-state index contributed by atoms with van der Waals surface area (Å²) >= 11 is 15.3. The SMILES string of the molecule is CCCC(Br)CNC(=O)c1cccc(Cl)c1Cl. The Balaban J connectivity index is 2.61. The third kappa shape index (κ3) is 4.49. The van der Waals surface area contributed by atoms with Crippen LogP contribution in [0.3, 0.4) is 0 Å². The van der Waals surface area contributed by atoms with Gasteiger partial charge in [-0.15, -0.1) is 0 Å². The quantitative estimate of drug-likeness (QED) is 0.797. The maximum atomic E-state index is 11.9. The highest BCUT2D eigenvalue weighted by molar-refractivity contribution is 9.09. The molecule has 0 saturated carbocycles. The predicted octanol–water partition coefficient (Wildman–Crippen LogP) is 4.29. The van der Waals surface area contributed by atoms with Gasteiger partial charge in [0.25, 0.3) is 5.91 Å². The Morgan fingerprint density at radius 3 is 2.82 bits per heavy atom. The molecule has 0 aromatic heterocycles. The smallest absolute Gasteiger partial charge is 0.252 e. The molecular weight excluding hydrogens is 325 g/mol.